The van der Waals surface area contributed by atoms with E-state index in [0.717, 1.165) is 18.4 Å². The third-order valence-corrected chi connectivity index (χ3v) is 5.26. The number of benzene rings is 1. The summed E-state index contributed by atoms with van der Waals surface area (Å²) in [6, 6.07) is 7.37. The predicted molar refractivity (Wildman–Crippen MR) is 81.7 cm³/mol. The summed E-state index contributed by atoms with van der Waals surface area (Å²) in [5, 5.41) is 10.4. The normalized spacial score (nSPS) is 22.0. The molecular weight excluding hydrogens is 290 g/mol. The van der Waals surface area contributed by atoms with Crippen molar-refractivity contribution in [2.24, 2.45) is 5.92 Å². The van der Waals surface area contributed by atoms with Gasteiger partial charge in [-0.2, -0.15) is 0 Å². The molecule has 1 aliphatic heterocycles. The van der Waals surface area contributed by atoms with Gasteiger partial charge >= 0.3 is 0 Å². The first kappa shape index (κ1) is 16.3. The van der Waals surface area contributed by atoms with E-state index in [1.54, 1.807) is 7.11 Å². The molecule has 2 atom stereocenters. The van der Waals surface area contributed by atoms with Crippen LogP contribution in [0.25, 0.3) is 0 Å². The number of ether oxygens (including phenoxy) is 1. The minimum absolute atomic E-state index is 0.190. The van der Waals surface area contributed by atoms with Crippen LogP contribution in [-0.4, -0.2) is 44.3 Å². The van der Waals surface area contributed by atoms with Gasteiger partial charge in [0.15, 0.2) is 0 Å². The van der Waals surface area contributed by atoms with E-state index < -0.39 is 16.1 Å². The zero-order valence-electron chi connectivity index (χ0n) is 12.5. The lowest BCUT2D eigenvalue weighted by molar-refractivity contribution is 0.122. The van der Waals surface area contributed by atoms with E-state index in [-0.39, 0.29) is 5.92 Å². The lowest BCUT2D eigenvalue weighted by atomic mass is 9.91. The summed E-state index contributed by atoms with van der Waals surface area (Å²) >= 11 is 0. The molecule has 1 aromatic carbocycles. The number of rotatable bonds is 5. The fourth-order valence-corrected chi connectivity index (χ4v) is 3.76. The van der Waals surface area contributed by atoms with Crippen LogP contribution in [0.4, 0.5) is 0 Å². The van der Waals surface area contributed by atoms with Gasteiger partial charge in [0, 0.05) is 13.1 Å². The highest BCUT2D eigenvalue weighted by Crippen LogP contribution is 2.29. The highest BCUT2D eigenvalue weighted by Gasteiger charge is 2.27. The minimum atomic E-state index is -3.14. The van der Waals surface area contributed by atoms with Gasteiger partial charge in [0.05, 0.1) is 19.5 Å². The van der Waals surface area contributed by atoms with Crippen LogP contribution in [-0.2, 0) is 10.0 Å². The Morgan fingerprint density at radius 2 is 2.24 bits per heavy atom. The van der Waals surface area contributed by atoms with Gasteiger partial charge in [-0.1, -0.05) is 12.1 Å². The van der Waals surface area contributed by atoms with E-state index in [4.69, 9.17) is 4.74 Å². The summed E-state index contributed by atoms with van der Waals surface area (Å²) in [6.45, 7) is 1.09. The van der Waals surface area contributed by atoms with Crippen molar-refractivity contribution in [3.63, 3.8) is 0 Å². The third-order valence-electron chi connectivity index (χ3n) is 3.99. The van der Waals surface area contributed by atoms with Crippen LogP contribution in [0.1, 0.15) is 30.9 Å². The molecule has 2 unspecified atom stereocenters. The Hall–Kier alpha value is -1.11. The van der Waals surface area contributed by atoms with Gasteiger partial charge in [-0.05, 0) is 42.9 Å². The average molecular weight is 313 g/mol. The van der Waals surface area contributed by atoms with Crippen LogP contribution in [0.15, 0.2) is 24.3 Å². The van der Waals surface area contributed by atoms with E-state index in [1.165, 1.54) is 10.6 Å². The molecule has 0 radical (unpaired) electrons. The van der Waals surface area contributed by atoms with E-state index in [9.17, 15) is 13.5 Å². The second-order valence-corrected chi connectivity index (χ2v) is 7.64. The molecule has 0 bridgehead atoms. The van der Waals surface area contributed by atoms with Gasteiger partial charge in [0.1, 0.15) is 5.75 Å². The van der Waals surface area contributed by atoms with E-state index in [2.05, 4.69) is 0 Å². The van der Waals surface area contributed by atoms with Crippen molar-refractivity contribution in [3.8, 4) is 5.75 Å². The predicted octanol–water partition coefficient (Wildman–Crippen LogP) is 1.79. The van der Waals surface area contributed by atoms with E-state index in [0.29, 0.717) is 25.3 Å². The molecule has 1 saturated heterocycles. The number of sulfonamides is 1. The molecule has 1 fully saturated rings. The summed E-state index contributed by atoms with van der Waals surface area (Å²) in [6.07, 6.45) is 3.02. The quantitative estimate of drug-likeness (QED) is 0.900. The SMILES string of the molecule is COc1cccc(C(O)CC2CCCN(S(C)(=O)=O)C2)c1. The molecule has 1 heterocycles. The number of methoxy groups -OCH3 is 1. The zero-order valence-corrected chi connectivity index (χ0v) is 13.3. The standard InChI is InChI=1S/C15H23NO4S/c1-20-14-7-3-6-13(10-14)15(17)9-12-5-4-8-16(11-12)21(2,18)19/h3,6-7,10,12,15,17H,4-5,8-9,11H2,1-2H3. The Bertz CT molecular complexity index is 573. The molecule has 6 heteroatoms. The minimum Gasteiger partial charge on any atom is -0.497 e. The van der Waals surface area contributed by atoms with Gasteiger partial charge in [-0.15, -0.1) is 0 Å². The van der Waals surface area contributed by atoms with Crippen LogP contribution in [0.5, 0.6) is 5.75 Å². The molecule has 1 aliphatic rings. The fraction of sp³-hybridized carbons (Fsp3) is 0.600. The topological polar surface area (TPSA) is 66.8 Å². The molecule has 1 N–H and O–H groups in total. The molecule has 0 amide bonds. The summed E-state index contributed by atoms with van der Waals surface area (Å²) in [5.41, 5.74) is 0.811. The van der Waals surface area contributed by atoms with Crippen LogP contribution < -0.4 is 4.74 Å². The molecule has 1 aromatic rings. The van der Waals surface area contributed by atoms with Crippen LogP contribution >= 0.6 is 0 Å². The zero-order chi connectivity index (χ0) is 15.5. The first-order chi connectivity index (χ1) is 9.90. The Morgan fingerprint density at radius 1 is 1.48 bits per heavy atom. The summed E-state index contributed by atoms with van der Waals surface area (Å²) in [4.78, 5) is 0. The van der Waals surface area contributed by atoms with E-state index >= 15 is 0 Å². The maximum absolute atomic E-state index is 11.6. The lowest BCUT2D eigenvalue weighted by Crippen LogP contribution is -2.39. The molecule has 0 aliphatic carbocycles. The van der Waals surface area contributed by atoms with Crippen molar-refractivity contribution in [1.29, 1.82) is 0 Å². The molecule has 0 spiro atoms. The monoisotopic (exact) mass is 313 g/mol. The number of aliphatic hydroxyl groups is 1. The maximum atomic E-state index is 11.6. The number of aliphatic hydroxyl groups excluding tert-OH is 1. The molecule has 118 valence electrons. The van der Waals surface area contributed by atoms with Gasteiger partial charge in [-0.25, -0.2) is 12.7 Å². The summed E-state index contributed by atoms with van der Waals surface area (Å²) < 4.78 is 29.9. The molecule has 21 heavy (non-hydrogen) atoms. The van der Waals surface area contributed by atoms with Crippen molar-refractivity contribution in [2.75, 3.05) is 26.5 Å². The first-order valence-electron chi connectivity index (χ1n) is 7.17. The Labute approximate surface area is 126 Å². The number of hydrogen-bond acceptors (Lipinski definition) is 4. The Kier molecular flexibility index (Phi) is 5.24. The van der Waals surface area contributed by atoms with Crippen molar-refractivity contribution in [2.45, 2.75) is 25.4 Å². The van der Waals surface area contributed by atoms with Gasteiger partial charge in [-0.3, -0.25) is 0 Å². The highest BCUT2D eigenvalue weighted by molar-refractivity contribution is 7.88. The molecule has 2 rings (SSSR count). The number of hydrogen-bond donors (Lipinski definition) is 1. The van der Waals surface area contributed by atoms with Crippen LogP contribution in [0.2, 0.25) is 0 Å². The smallest absolute Gasteiger partial charge is 0.211 e. The molecular formula is C15H23NO4S. The molecule has 0 saturated carbocycles. The molecule has 5 nitrogen and oxygen atoms in total. The fourth-order valence-electron chi connectivity index (χ4n) is 2.82. The average Bonchev–Trinajstić information content (AvgIpc) is 2.46. The molecule has 0 aromatic heterocycles. The second-order valence-electron chi connectivity index (χ2n) is 5.66. The van der Waals surface area contributed by atoms with E-state index in [1.807, 2.05) is 24.3 Å². The van der Waals surface area contributed by atoms with Crippen molar-refractivity contribution in [3.05, 3.63) is 29.8 Å². The van der Waals surface area contributed by atoms with Gasteiger partial charge in [0.2, 0.25) is 10.0 Å². The first-order valence-corrected chi connectivity index (χ1v) is 9.02. The Balaban J connectivity index is 2.00. The van der Waals surface area contributed by atoms with Crippen LogP contribution in [0, 0.1) is 5.92 Å². The third kappa shape index (κ3) is 4.43. The number of nitrogens with zero attached hydrogens (tertiary/aromatic N) is 1. The summed E-state index contributed by atoms with van der Waals surface area (Å²) in [7, 11) is -1.54. The Morgan fingerprint density at radius 3 is 2.90 bits per heavy atom. The van der Waals surface area contributed by atoms with Gasteiger partial charge in [0.25, 0.3) is 0 Å². The number of piperidine rings is 1. The largest absolute Gasteiger partial charge is 0.497 e. The van der Waals surface area contributed by atoms with Crippen LogP contribution in [0.3, 0.4) is 0 Å². The van der Waals surface area contributed by atoms with Crippen molar-refractivity contribution >= 4 is 10.0 Å². The summed E-state index contributed by atoms with van der Waals surface area (Å²) in [5.74, 6) is 0.905. The van der Waals surface area contributed by atoms with Gasteiger partial charge < -0.3 is 9.84 Å². The maximum Gasteiger partial charge on any atom is 0.211 e. The lowest BCUT2D eigenvalue weighted by Gasteiger charge is -2.32. The van der Waals surface area contributed by atoms with Crippen molar-refractivity contribution < 1.29 is 18.3 Å². The van der Waals surface area contributed by atoms with Crippen molar-refractivity contribution in [1.82, 2.24) is 4.31 Å². The highest BCUT2D eigenvalue weighted by atomic mass is 32.2. The second kappa shape index (κ2) is 6.77.